The summed E-state index contributed by atoms with van der Waals surface area (Å²) in [4.78, 5) is 68.3. The van der Waals surface area contributed by atoms with Crippen LogP contribution in [-0.2, 0) is 25.7 Å². The SMILES string of the molecule is CCOC(=O)c1ccc(NC(=O)Cn2c3c(sc2=O)[C@@H](c2ccc(OC)c(OC)c2)[C@@H]2C(=O)N(c4ccc(C)cc4)C(=O)[C@@H]2S3)cc1. The molecular weight excluding hydrogens is 643 g/mol. The monoisotopic (exact) mass is 673 g/mol. The number of imide groups is 1. The fourth-order valence-electron chi connectivity index (χ4n) is 5.86. The number of hydrogen-bond donors (Lipinski definition) is 1. The molecule has 3 aromatic carbocycles. The maximum Gasteiger partial charge on any atom is 0.338 e. The number of anilines is 2. The number of esters is 1. The van der Waals surface area contributed by atoms with E-state index in [-0.39, 0.29) is 25.0 Å². The largest absolute Gasteiger partial charge is 0.493 e. The van der Waals surface area contributed by atoms with Gasteiger partial charge in [0.1, 0.15) is 11.8 Å². The molecular formula is C34H31N3O8S2. The molecule has 0 radical (unpaired) electrons. The zero-order valence-electron chi connectivity index (χ0n) is 26.0. The molecule has 0 aliphatic carbocycles. The van der Waals surface area contributed by atoms with Crippen molar-refractivity contribution in [2.75, 3.05) is 31.0 Å². The van der Waals surface area contributed by atoms with Gasteiger partial charge in [-0.15, -0.1) is 0 Å². The molecule has 0 unspecified atom stereocenters. The Labute approximate surface area is 278 Å². The van der Waals surface area contributed by atoms with Gasteiger partial charge in [-0.1, -0.05) is 46.9 Å². The molecule has 2 aliphatic heterocycles. The maximum absolute atomic E-state index is 14.1. The van der Waals surface area contributed by atoms with Crippen molar-refractivity contribution < 1.29 is 33.4 Å². The van der Waals surface area contributed by atoms with Crippen LogP contribution in [0.2, 0.25) is 0 Å². The summed E-state index contributed by atoms with van der Waals surface area (Å²) in [5.41, 5.74) is 2.91. The molecule has 1 aromatic heterocycles. The molecule has 1 N–H and O–H groups in total. The van der Waals surface area contributed by atoms with Crippen molar-refractivity contribution in [1.29, 1.82) is 0 Å². The van der Waals surface area contributed by atoms with Crippen molar-refractivity contribution in [2.45, 2.75) is 36.6 Å². The standard InChI is InChI=1S/C34H31N3O8S2/c1-5-45-33(41)19-8-11-21(12-9-19)35-25(38)17-36-32-29(47-34(36)42)26(20-10-15-23(43-3)24(16-20)44-4)27-28(46-32)31(40)37(30(27)39)22-13-6-18(2)7-14-22/h6-16,26-28H,5,17H2,1-4H3,(H,35,38)/t26-,27-,28+/m0/s1. The van der Waals surface area contributed by atoms with Crippen molar-refractivity contribution in [1.82, 2.24) is 4.57 Å². The van der Waals surface area contributed by atoms with Crippen LogP contribution in [0, 0.1) is 12.8 Å². The molecule has 1 fully saturated rings. The van der Waals surface area contributed by atoms with Crippen molar-refractivity contribution in [3.8, 4) is 11.5 Å². The summed E-state index contributed by atoms with van der Waals surface area (Å²) in [5.74, 6) is -2.24. The van der Waals surface area contributed by atoms with Crippen LogP contribution < -0.4 is 24.6 Å². The lowest BCUT2D eigenvalue weighted by molar-refractivity contribution is -0.122. The number of thiazole rings is 1. The second-order valence-electron chi connectivity index (χ2n) is 11.0. The minimum absolute atomic E-state index is 0.243. The van der Waals surface area contributed by atoms with E-state index in [0.29, 0.717) is 43.9 Å². The summed E-state index contributed by atoms with van der Waals surface area (Å²) in [5, 5.41) is 2.38. The Morgan fingerprint density at radius 1 is 0.894 bits per heavy atom. The number of aryl methyl sites for hydroxylation is 1. The van der Waals surface area contributed by atoms with E-state index in [4.69, 9.17) is 14.2 Å². The van der Waals surface area contributed by atoms with Crippen LogP contribution in [0.25, 0.3) is 0 Å². The van der Waals surface area contributed by atoms with Gasteiger partial charge in [0.05, 0.1) is 43.0 Å². The number of aromatic nitrogens is 1. The summed E-state index contributed by atoms with van der Waals surface area (Å²) in [7, 11) is 3.03. The fourth-order valence-corrected chi connectivity index (χ4v) is 8.63. The van der Waals surface area contributed by atoms with Crippen LogP contribution in [0.1, 0.15) is 39.2 Å². The molecule has 6 rings (SSSR count). The molecule has 11 nitrogen and oxygen atoms in total. The van der Waals surface area contributed by atoms with Gasteiger partial charge in [-0.05, 0) is 67.9 Å². The number of ether oxygens (including phenoxy) is 3. The molecule has 3 atom stereocenters. The number of nitrogens with zero attached hydrogens (tertiary/aromatic N) is 2. The maximum atomic E-state index is 14.1. The highest BCUT2D eigenvalue weighted by atomic mass is 32.2. The quantitative estimate of drug-likeness (QED) is 0.196. The lowest BCUT2D eigenvalue weighted by Gasteiger charge is -2.31. The Morgan fingerprint density at radius 3 is 2.26 bits per heavy atom. The Kier molecular flexibility index (Phi) is 8.93. The predicted molar refractivity (Wildman–Crippen MR) is 178 cm³/mol. The van der Waals surface area contributed by atoms with Crippen molar-refractivity contribution in [3.63, 3.8) is 0 Å². The van der Waals surface area contributed by atoms with Crippen LogP contribution >= 0.6 is 23.1 Å². The van der Waals surface area contributed by atoms with E-state index in [2.05, 4.69) is 5.32 Å². The van der Waals surface area contributed by atoms with Crippen LogP contribution in [0.5, 0.6) is 11.5 Å². The fraction of sp³-hybridized carbons (Fsp3) is 0.265. The molecule has 0 bridgehead atoms. The second kappa shape index (κ2) is 13.1. The molecule has 3 amide bonds. The molecule has 1 saturated heterocycles. The van der Waals surface area contributed by atoms with E-state index in [9.17, 15) is 24.0 Å². The first-order valence-electron chi connectivity index (χ1n) is 14.8. The topological polar surface area (TPSA) is 133 Å². The van der Waals surface area contributed by atoms with Gasteiger partial charge >= 0.3 is 10.8 Å². The number of carbonyl (C=O) groups excluding carboxylic acids is 4. The van der Waals surface area contributed by atoms with Crippen LogP contribution in [0.4, 0.5) is 11.4 Å². The van der Waals surface area contributed by atoms with Crippen LogP contribution in [0.3, 0.4) is 0 Å². The van der Waals surface area contributed by atoms with Gasteiger partial charge in [0.15, 0.2) is 11.5 Å². The summed E-state index contributed by atoms with van der Waals surface area (Å²) in [6.07, 6.45) is 0. The van der Waals surface area contributed by atoms with Crippen LogP contribution in [-0.4, -0.2) is 54.3 Å². The lowest BCUT2D eigenvalue weighted by Crippen LogP contribution is -2.33. The molecule has 13 heteroatoms. The van der Waals surface area contributed by atoms with E-state index in [1.165, 1.54) is 23.7 Å². The van der Waals surface area contributed by atoms with Gasteiger partial charge < -0.3 is 19.5 Å². The van der Waals surface area contributed by atoms with Gasteiger partial charge in [0, 0.05) is 16.5 Å². The van der Waals surface area contributed by atoms with Gasteiger partial charge in [0.2, 0.25) is 17.7 Å². The number of amides is 3. The lowest BCUT2D eigenvalue weighted by atomic mass is 9.83. The molecule has 242 valence electrons. The van der Waals surface area contributed by atoms with Crippen LogP contribution in [0.15, 0.2) is 76.6 Å². The number of benzene rings is 3. The Balaban J connectivity index is 1.37. The van der Waals surface area contributed by atoms with Crippen molar-refractivity contribution in [2.24, 2.45) is 5.92 Å². The Bertz CT molecular complexity index is 1930. The highest BCUT2D eigenvalue weighted by Gasteiger charge is 2.57. The summed E-state index contributed by atoms with van der Waals surface area (Å²) in [6.45, 7) is 3.56. The van der Waals surface area contributed by atoms with Gasteiger partial charge in [-0.3, -0.25) is 23.7 Å². The first-order chi connectivity index (χ1) is 22.6. The van der Waals surface area contributed by atoms with Gasteiger partial charge in [-0.25, -0.2) is 9.69 Å². The zero-order chi connectivity index (χ0) is 33.4. The predicted octanol–water partition coefficient (Wildman–Crippen LogP) is 4.85. The number of rotatable bonds is 9. The number of nitrogens with one attached hydrogen (secondary N) is 1. The third-order valence-corrected chi connectivity index (χ3v) is 10.7. The highest BCUT2D eigenvalue weighted by Crippen LogP contribution is 2.54. The molecule has 47 heavy (non-hydrogen) atoms. The minimum atomic E-state index is -0.840. The van der Waals surface area contributed by atoms with Gasteiger partial charge in [0.25, 0.3) is 0 Å². The van der Waals surface area contributed by atoms with E-state index in [1.54, 1.807) is 61.5 Å². The normalized spacial score (nSPS) is 18.4. The number of hydrogen-bond acceptors (Lipinski definition) is 10. The molecule has 3 heterocycles. The number of fused-ring (bicyclic) bond motifs is 2. The molecule has 2 aliphatic rings. The molecule has 0 saturated carbocycles. The Morgan fingerprint density at radius 2 is 1.60 bits per heavy atom. The van der Waals surface area contributed by atoms with E-state index >= 15 is 0 Å². The molecule has 0 spiro atoms. The van der Waals surface area contributed by atoms with Crippen molar-refractivity contribution >= 4 is 58.2 Å². The summed E-state index contributed by atoms with van der Waals surface area (Å²) < 4.78 is 17.3. The smallest absolute Gasteiger partial charge is 0.338 e. The number of methoxy groups -OCH3 is 2. The second-order valence-corrected chi connectivity index (χ2v) is 13.1. The van der Waals surface area contributed by atoms with E-state index < -0.39 is 33.8 Å². The number of carbonyl (C=O) groups is 4. The third-order valence-electron chi connectivity index (χ3n) is 8.09. The number of thioether (sulfide) groups is 1. The van der Waals surface area contributed by atoms with Crippen molar-refractivity contribution in [3.05, 3.63) is 98.0 Å². The first kappa shape index (κ1) is 32.1. The van der Waals surface area contributed by atoms with E-state index in [1.807, 2.05) is 19.1 Å². The summed E-state index contributed by atoms with van der Waals surface area (Å²) in [6, 6.07) is 18.7. The minimum Gasteiger partial charge on any atom is -0.493 e. The van der Waals surface area contributed by atoms with Gasteiger partial charge in [-0.2, -0.15) is 0 Å². The average molecular weight is 674 g/mol. The first-order valence-corrected chi connectivity index (χ1v) is 16.5. The third kappa shape index (κ3) is 5.92. The van der Waals surface area contributed by atoms with E-state index in [0.717, 1.165) is 28.7 Å². The average Bonchev–Trinajstić information content (AvgIpc) is 3.51. The molecule has 4 aromatic rings. The Hall–Kier alpha value is -4.88. The zero-order valence-corrected chi connectivity index (χ0v) is 27.6. The summed E-state index contributed by atoms with van der Waals surface area (Å²) >= 11 is 2.09. The highest BCUT2D eigenvalue weighted by molar-refractivity contribution is 8.00.